The lowest BCUT2D eigenvalue weighted by Gasteiger charge is -1.73. The Morgan fingerprint density at radius 1 is 1.67 bits per heavy atom. The fourth-order valence-corrected chi connectivity index (χ4v) is 2.70. The molecule has 1 nitrogen and oxygen atoms in total. The first-order chi connectivity index (χ1) is 2.47. The molecule has 3 N–H and O–H groups in total. The maximum absolute atomic E-state index is 2.25. The van der Waals surface area contributed by atoms with Crippen molar-refractivity contribution in [2.75, 3.05) is 0 Å². The van der Waals surface area contributed by atoms with Gasteiger partial charge in [-0.2, -0.15) is 0 Å². The predicted octanol–water partition coefficient (Wildman–Crippen LogP) is 1.74. The molecular weight excluding hydrogens is 114 g/mol. The molecule has 0 spiro atoms. The SMILES string of the molecule is C1=CS2=C1S2.N. The van der Waals surface area contributed by atoms with Gasteiger partial charge in [-0.15, -0.1) is 0 Å². The van der Waals surface area contributed by atoms with E-state index in [1.807, 2.05) is 10.8 Å². The summed E-state index contributed by atoms with van der Waals surface area (Å²) < 4.78 is 1.62. The Kier molecular flexibility index (Phi) is 0.825. The third kappa shape index (κ3) is 0.359. The third-order valence-corrected chi connectivity index (χ3v) is 4.00. The Morgan fingerprint density at radius 3 is 2.33 bits per heavy atom. The Hall–Kier alpha value is 0.270. The van der Waals surface area contributed by atoms with Crippen LogP contribution >= 0.6 is 20.3 Å². The van der Waals surface area contributed by atoms with Crippen molar-refractivity contribution in [1.29, 1.82) is 0 Å². The van der Waals surface area contributed by atoms with Crippen LogP contribution in [0.2, 0.25) is 0 Å². The summed E-state index contributed by atoms with van der Waals surface area (Å²) in [7, 11) is 2.67. The van der Waals surface area contributed by atoms with Gasteiger partial charge in [0.2, 0.25) is 0 Å². The molecule has 2 heterocycles. The zero-order chi connectivity index (χ0) is 3.28. The van der Waals surface area contributed by atoms with Gasteiger partial charge in [0.05, 0.1) is 4.20 Å². The number of hydrogen-bond acceptors (Lipinski definition) is 2. The quantitative estimate of drug-likeness (QED) is 0.389. The lowest BCUT2D eigenvalue weighted by molar-refractivity contribution is 2.13. The first kappa shape index (κ1) is 4.43. The minimum atomic E-state index is 0. The molecule has 0 saturated carbocycles. The first-order valence-corrected chi connectivity index (χ1v) is 4.05. The number of rotatable bonds is 0. The third-order valence-electron chi connectivity index (χ3n) is 0.672. The topological polar surface area (TPSA) is 35.0 Å². The van der Waals surface area contributed by atoms with Crippen molar-refractivity contribution in [3.63, 3.8) is 0 Å². The van der Waals surface area contributed by atoms with Crippen LogP contribution in [0.4, 0.5) is 0 Å². The highest BCUT2D eigenvalue weighted by atomic mass is 33.2. The summed E-state index contributed by atoms with van der Waals surface area (Å²) in [5.41, 5.74) is 0. The van der Waals surface area contributed by atoms with Gasteiger partial charge in [-0.05, 0) is 11.5 Å². The van der Waals surface area contributed by atoms with Crippen LogP contribution in [0.15, 0.2) is 11.5 Å². The Bertz CT molecular complexity index is 122. The van der Waals surface area contributed by atoms with Gasteiger partial charge in [0.1, 0.15) is 0 Å². The molecule has 0 radical (unpaired) electrons. The van der Waals surface area contributed by atoms with Crippen LogP contribution in [0.3, 0.4) is 0 Å². The normalized spacial score (nSPS) is 33.3. The fraction of sp³-hybridized carbons (Fsp3) is 0. The summed E-state index contributed by atoms with van der Waals surface area (Å²) in [4.78, 5) is 0. The molecule has 3 heteroatoms. The van der Waals surface area contributed by atoms with Gasteiger partial charge in [-0.3, -0.25) is 0 Å². The van der Waals surface area contributed by atoms with Gasteiger partial charge >= 0.3 is 0 Å². The highest BCUT2D eigenvalue weighted by Crippen LogP contribution is 2.58. The lowest BCUT2D eigenvalue weighted by atomic mass is 10.7. The van der Waals surface area contributed by atoms with Crippen molar-refractivity contribution >= 4 is 24.5 Å². The monoisotopic (exact) mass is 119 g/mol. The van der Waals surface area contributed by atoms with Crippen LogP contribution < -0.4 is 6.15 Å². The minimum Gasteiger partial charge on any atom is -0.344 e. The van der Waals surface area contributed by atoms with Crippen molar-refractivity contribution in [1.82, 2.24) is 6.15 Å². The molecule has 0 saturated heterocycles. The average Bonchev–Trinajstić information content (AvgIpc) is 1.74. The van der Waals surface area contributed by atoms with Gasteiger partial charge < -0.3 is 6.15 Å². The van der Waals surface area contributed by atoms with Crippen LogP contribution in [0, 0.1) is 0 Å². The van der Waals surface area contributed by atoms with Crippen molar-refractivity contribution < 1.29 is 0 Å². The van der Waals surface area contributed by atoms with E-state index in [2.05, 4.69) is 11.5 Å². The van der Waals surface area contributed by atoms with Crippen LogP contribution in [0.5, 0.6) is 0 Å². The molecule has 0 fully saturated rings. The van der Waals surface area contributed by atoms with Gasteiger partial charge in [0.25, 0.3) is 0 Å². The second-order valence-electron chi connectivity index (χ2n) is 1.00. The van der Waals surface area contributed by atoms with E-state index in [-0.39, 0.29) is 6.15 Å². The van der Waals surface area contributed by atoms with Crippen LogP contribution in [-0.4, -0.2) is 4.20 Å². The fourth-order valence-electron chi connectivity index (χ4n) is 0.306. The summed E-state index contributed by atoms with van der Waals surface area (Å²) >= 11 is 0. The molecule has 0 aromatic carbocycles. The molecule has 6 heavy (non-hydrogen) atoms. The van der Waals surface area contributed by atoms with Crippen molar-refractivity contribution in [3.8, 4) is 0 Å². The van der Waals surface area contributed by atoms with E-state index in [1.54, 1.807) is 4.20 Å². The molecule has 0 aromatic rings. The molecule has 2 aliphatic heterocycles. The summed E-state index contributed by atoms with van der Waals surface area (Å²) in [5, 5.41) is 2.25. The van der Waals surface area contributed by atoms with E-state index < -0.39 is 0 Å². The van der Waals surface area contributed by atoms with E-state index in [0.717, 1.165) is 0 Å². The van der Waals surface area contributed by atoms with Gasteiger partial charge in [-0.25, -0.2) is 0 Å². The van der Waals surface area contributed by atoms with Gasteiger partial charge in [0.15, 0.2) is 0 Å². The second kappa shape index (κ2) is 1.12. The van der Waals surface area contributed by atoms with Crippen molar-refractivity contribution in [2.24, 2.45) is 0 Å². The van der Waals surface area contributed by atoms with Crippen LogP contribution in [0.1, 0.15) is 0 Å². The summed E-state index contributed by atoms with van der Waals surface area (Å²) in [6.07, 6.45) is 2.19. The average molecular weight is 119 g/mol. The molecule has 0 aliphatic carbocycles. The molecule has 34 valence electrons. The molecule has 0 aromatic heterocycles. The maximum Gasteiger partial charge on any atom is 0.0561 e. The standard InChI is InChI=1S/C3H2S2.H3N/c1-2-5-3(1)4-5;/h1-2H;1H3. The Morgan fingerprint density at radius 2 is 2.33 bits per heavy atom. The molecule has 0 amide bonds. The van der Waals surface area contributed by atoms with E-state index in [0.29, 0.717) is 9.52 Å². The largest absolute Gasteiger partial charge is 0.344 e. The molecule has 0 bridgehead atoms. The van der Waals surface area contributed by atoms with Gasteiger partial charge in [-0.1, -0.05) is 20.3 Å². The van der Waals surface area contributed by atoms with Crippen LogP contribution in [-0.2, 0) is 0 Å². The molecule has 2 rings (SSSR count). The predicted molar refractivity (Wildman–Crippen MR) is 34.4 cm³/mol. The van der Waals surface area contributed by atoms with E-state index in [1.165, 1.54) is 0 Å². The summed E-state index contributed by atoms with van der Waals surface area (Å²) in [6, 6.07) is 0. The molecule has 2 aliphatic rings. The van der Waals surface area contributed by atoms with Crippen LogP contribution in [0.25, 0.3) is 0 Å². The highest BCUT2D eigenvalue weighted by molar-refractivity contribution is 9.07. The highest BCUT2D eigenvalue weighted by Gasteiger charge is 2.22. The molecular formula is C3H5NS2. The zero-order valence-corrected chi connectivity index (χ0v) is 4.81. The summed E-state index contributed by atoms with van der Waals surface area (Å²) in [5.74, 6) is 0. The minimum absolute atomic E-state index is 0. The maximum atomic E-state index is 2.25. The Balaban J connectivity index is 0.000000180. The van der Waals surface area contributed by atoms with E-state index in [9.17, 15) is 0 Å². The lowest BCUT2D eigenvalue weighted by Crippen LogP contribution is -1.63. The van der Waals surface area contributed by atoms with Gasteiger partial charge in [0, 0.05) is 0 Å². The van der Waals surface area contributed by atoms with Crippen molar-refractivity contribution in [2.45, 2.75) is 0 Å². The smallest absolute Gasteiger partial charge is 0.0561 e. The summed E-state index contributed by atoms with van der Waals surface area (Å²) in [6.45, 7) is 0. The van der Waals surface area contributed by atoms with E-state index in [4.69, 9.17) is 0 Å². The first-order valence-electron chi connectivity index (χ1n) is 1.43. The number of hydrogen-bond donors (Lipinski definition) is 1. The molecule has 1 unspecified atom stereocenters. The molecule has 1 atom stereocenters. The van der Waals surface area contributed by atoms with Crippen molar-refractivity contribution in [3.05, 3.63) is 11.5 Å². The zero-order valence-electron chi connectivity index (χ0n) is 3.18. The Labute approximate surface area is 42.7 Å². The second-order valence-corrected chi connectivity index (χ2v) is 4.75. The van der Waals surface area contributed by atoms with E-state index >= 15 is 0 Å².